The monoisotopic (exact) mass is 384 g/mol. The molecule has 27 heavy (non-hydrogen) atoms. The predicted octanol–water partition coefficient (Wildman–Crippen LogP) is 4.50. The molecule has 136 valence electrons. The SMILES string of the molecule is COc1ccc(-c2oc3ccc4c(=O)c(Cl)coc4c3c2CC(=O)O)cc1. The Labute approximate surface area is 157 Å². The minimum Gasteiger partial charge on any atom is -0.497 e. The molecule has 0 unspecified atom stereocenters. The van der Waals surface area contributed by atoms with Crippen LogP contribution in [0.4, 0.5) is 0 Å². The van der Waals surface area contributed by atoms with Gasteiger partial charge in [-0.2, -0.15) is 0 Å². The summed E-state index contributed by atoms with van der Waals surface area (Å²) in [6, 6.07) is 10.2. The van der Waals surface area contributed by atoms with Crippen LogP contribution in [0.3, 0.4) is 0 Å². The Kier molecular flexibility index (Phi) is 4.12. The standard InChI is InChI=1S/C20H13ClO6/c1-25-11-4-2-10(3-5-11)19-13(8-16(22)23)17-15(27-19)7-6-12-18(24)14(21)9-26-20(12)17/h2-7,9H,8H2,1H3,(H,22,23). The molecule has 0 spiro atoms. The highest BCUT2D eigenvalue weighted by molar-refractivity contribution is 6.31. The van der Waals surface area contributed by atoms with Gasteiger partial charge in [0.15, 0.2) is 0 Å². The van der Waals surface area contributed by atoms with Crippen LogP contribution in [0.15, 0.2) is 56.3 Å². The number of rotatable bonds is 4. The van der Waals surface area contributed by atoms with Crippen molar-refractivity contribution in [1.82, 2.24) is 0 Å². The number of methoxy groups -OCH3 is 1. The van der Waals surface area contributed by atoms with Gasteiger partial charge in [-0.05, 0) is 36.4 Å². The predicted molar refractivity (Wildman–Crippen MR) is 101 cm³/mol. The average Bonchev–Trinajstić information content (AvgIpc) is 3.03. The smallest absolute Gasteiger partial charge is 0.307 e. The van der Waals surface area contributed by atoms with Crippen molar-refractivity contribution < 1.29 is 23.5 Å². The normalized spacial score (nSPS) is 11.2. The Morgan fingerprint density at radius 2 is 1.93 bits per heavy atom. The number of carboxylic acid groups (broad SMARTS) is 1. The van der Waals surface area contributed by atoms with Gasteiger partial charge >= 0.3 is 5.97 Å². The van der Waals surface area contributed by atoms with E-state index in [1.165, 1.54) is 0 Å². The average molecular weight is 385 g/mol. The second-order valence-electron chi connectivity index (χ2n) is 5.94. The van der Waals surface area contributed by atoms with Gasteiger partial charge in [-0.15, -0.1) is 0 Å². The molecule has 0 bridgehead atoms. The van der Waals surface area contributed by atoms with E-state index >= 15 is 0 Å². The van der Waals surface area contributed by atoms with E-state index in [0.29, 0.717) is 33.6 Å². The van der Waals surface area contributed by atoms with E-state index in [0.717, 1.165) is 6.26 Å². The Bertz CT molecular complexity index is 1230. The number of halogens is 1. The van der Waals surface area contributed by atoms with Gasteiger partial charge in [-0.25, -0.2) is 0 Å². The van der Waals surface area contributed by atoms with Gasteiger partial charge in [0, 0.05) is 11.1 Å². The number of fused-ring (bicyclic) bond motifs is 3. The second-order valence-corrected chi connectivity index (χ2v) is 6.34. The summed E-state index contributed by atoms with van der Waals surface area (Å²) in [7, 11) is 1.56. The van der Waals surface area contributed by atoms with Crippen LogP contribution >= 0.6 is 11.6 Å². The zero-order valence-corrected chi connectivity index (χ0v) is 14.9. The Morgan fingerprint density at radius 3 is 2.59 bits per heavy atom. The molecule has 0 atom stereocenters. The van der Waals surface area contributed by atoms with Crippen molar-refractivity contribution in [2.24, 2.45) is 0 Å². The first-order valence-electron chi connectivity index (χ1n) is 8.01. The maximum absolute atomic E-state index is 12.3. The topological polar surface area (TPSA) is 89.9 Å². The van der Waals surface area contributed by atoms with Crippen LogP contribution in [-0.2, 0) is 11.2 Å². The maximum Gasteiger partial charge on any atom is 0.307 e. The number of furan rings is 1. The fraction of sp³-hybridized carbons (Fsp3) is 0.100. The van der Waals surface area contributed by atoms with E-state index in [2.05, 4.69) is 0 Å². The number of carboxylic acids is 1. The fourth-order valence-corrected chi connectivity index (χ4v) is 3.26. The first kappa shape index (κ1) is 17.2. The third-order valence-corrected chi connectivity index (χ3v) is 4.59. The summed E-state index contributed by atoms with van der Waals surface area (Å²) < 4.78 is 16.6. The second kappa shape index (κ2) is 6.48. The van der Waals surface area contributed by atoms with Gasteiger partial charge in [0.25, 0.3) is 0 Å². The molecule has 4 rings (SSSR count). The molecule has 2 aromatic heterocycles. The van der Waals surface area contributed by atoms with Gasteiger partial charge in [0.05, 0.1) is 24.3 Å². The molecule has 0 saturated heterocycles. The van der Waals surface area contributed by atoms with Crippen LogP contribution < -0.4 is 10.2 Å². The summed E-state index contributed by atoms with van der Waals surface area (Å²) in [5, 5.41) is 10.1. The fourth-order valence-electron chi connectivity index (χ4n) is 3.11. The molecule has 0 aliphatic rings. The first-order chi connectivity index (χ1) is 13.0. The molecular formula is C20H13ClO6. The molecule has 0 aliphatic heterocycles. The molecule has 0 radical (unpaired) electrons. The van der Waals surface area contributed by atoms with E-state index in [1.807, 2.05) is 0 Å². The molecule has 1 N–H and O–H groups in total. The summed E-state index contributed by atoms with van der Waals surface area (Å²) in [6.45, 7) is 0. The van der Waals surface area contributed by atoms with Crippen molar-refractivity contribution in [2.75, 3.05) is 7.11 Å². The summed E-state index contributed by atoms with van der Waals surface area (Å²) >= 11 is 5.86. The molecular weight excluding hydrogens is 372 g/mol. The van der Waals surface area contributed by atoms with Crippen molar-refractivity contribution in [3.63, 3.8) is 0 Å². The number of ether oxygens (including phenoxy) is 1. The van der Waals surface area contributed by atoms with Gasteiger partial charge in [0.1, 0.15) is 34.0 Å². The Hall–Kier alpha value is -3.25. The highest BCUT2D eigenvalue weighted by atomic mass is 35.5. The van der Waals surface area contributed by atoms with Crippen LogP contribution in [0.5, 0.6) is 5.75 Å². The molecule has 4 aromatic rings. The van der Waals surface area contributed by atoms with Gasteiger partial charge in [-0.1, -0.05) is 11.6 Å². The highest BCUT2D eigenvalue weighted by Crippen LogP contribution is 2.38. The van der Waals surface area contributed by atoms with E-state index in [-0.39, 0.29) is 27.8 Å². The van der Waals surface area contributed by atoms with E-state index in [1.54, 1.807) is 43.5 Å². The van der Waals surface area contributed by atoms with Crippen molar-refractivity contribution in [1.29, 1.82) is 0 Å². The van der Waals surface area contributed by atoms with E-state index in [4.69, 9.17) is 25.2 Å². The molecule has 0 saturated carbocycles. The van der Waals surface area contributed by atoms with E-state index in [9.17, 15) is 14.7 Å². The summed E-state index contributed by atoms with van der Waals surface area (Å²) in [6.07, 6.45) is 0.857. The summed E-state index contributed by atoms with van der Waals surface area (Å²) in [5.41, 5.74) is 1.41. The Balaban J connectivity index is 2.07. The number of aliphatic carboxylic acids is 1. The van der Waals surface area contributed by atoms with Crippen molar-refractivity contribution >= 4 is 39.5 Å². The van der Waals surface area contributed by atoms with Crippen molar-refractivity contribution in [3.05, 3.63) is 63.5 Å². The first-order valence-corrected chi connectivity index (χ1v) is 8.39. The molecule has 2 aromatic carbocycles. The summed E-state index contributed by atoms with van der Waals surface area (Å²) in [5.74, 6) is 0.0432. The minimum atomic E-state index is -1.03. The van der Waals surface area contributed by atoms with Crippen molar-refractivity contribution in [2.45, 2.75) is 6.42 Å². The van der Waals surface area contributed by atoms with Gasteiger partial charge in [0.2, 0.25) is 5.43 Å². The minimum absolute atomic E-state index is 0.0412. The van der Waals surface area contributed by atoms with Crippen LogP contribution in [0.25, 0.3) is 33.3 Å². The quantitative estimate of drug-likeness (QED) is 0.557. The van der Waals surface area contributed by atoms with E-state index < -0.39 is 5.97 Å². The third kappa shape index (κ3) is 2.84. The van der Waals surface area contributed by atoms with Crippen LogP contribution in [-0.4, -0.2) is 18.2 Å². The molecule has 0 amide bonds. The highest BCUT2D eigenvalue weighted by Gasteiger charge is 2.22. The summed E-state index contributed by atoms with van der Waals surface area (Å²) in [4.78, 5) is 23.8. The molecule has 0 fully saturated rings. The Morgan fingerprint density at radius 1 is 1.19 bits per heavy atom. The van der Waals surface area contributed by atoms with Gasteiger partial charge in [-0.3, -0.25) is 9.59 Å². The van der Waals surface area contributed by atoms with Gasteiger partial charge < -0.3 is 18.7 Å². The molecule has 2 heterocycles. The molecule has 6 nitrogen and oxygen atoms in total. The third-order valence-electron chi connectivity index (χ3n) is 4.33. The largest absolute Gasteiger partial charge is 0.497 e. The van der Waals surface area contributed by atoms with Crippen LogP contribution in [0.1, 0.15) is 5.56 Å². The lowest BCUT2D eigenvalue weighted by Gasteiger charge is -2.04. The zero-order valence-electron chi connectivity index (χ0n) is 14.1. The lowest BCUT2D eigenvalue weighted by atomic mass is 10.0. The lowest BCUT2D eigenvalue weighted by molar-refractivity contribution is -0.136. The number of benzene rings is 2. The lowest BCUT2D eigenvalue weighted by Crippen LogP contribution is -2.03. The van der Waals surface area contributed by atoms with Crippen LogP contribution in [0.2, 0.25) is 5.02 Å². The maximum atomic E-state index is 12.3. The van der Waals surface area contributed by atoms with Crippen LogP contribution in [0, 0.1) is 0 Å². The molecule has 0 aliphatic carbocycles. The number of hydrogen-bond donors (Lipinski definition) is 1. The molecule has 7 heteroatoms. The van der Waals surface area contributed by atoms with Crippen molar-refractivity contribution in [3.8, 4) is 17.1 Å². The zero-order chi connectivity index (χ0) is 19.1. The number of hydrogen-bond acceptors (Lipinski definition) is 5. The number of carbonyl (C=O) groups is 1.